The zero-order chi connectivity index (χ0) is 25.3. The standard InChI is InChI=1S/C29H28ClNO4/c1-5-35-24-13-12-20(15-23(24)17(2)3)27(32)25-26(19-9-6-8-18(4)14-19)31(29(34)28(25)33)22-11-7-10-21(30)16-22/h6-17,26,32H,5H2,1-4H3/b27-25-. The first-order chi connectivity index (χ1) is 16.7. The number of benzene rings is 3. The van der Waals surface area contributed by atoms with Crippen LogP contribution in [0.3, 0.4) is 0 Å². The number of rotatable bonds is 6. The van der Waals surface area contributed by atoms with Crippen molar-refractivity contribution >= 4 is 34.7 Å². The Balaban J connectivity index is 1.94. The van der Waals surface area contributed by atoms with Crippen LogP contribution in [0.1, 0.15) is 55.0 Å². The van der Waals surface area contributed by atoms with Crippen molar-refractivity contribution in [2.24, 2.45) is 0 Å². The summed E-state index contributed by atoms with van der Waals surface area (Å²) in [6.07, 6.45) is 0. The average Bonchev–Trinajstić information content (AvgIpc) is 3.09. The van der Waals surface area contributed by atoms with Crippen LogP contribution >= 0.6 is 11.6 Å². The Labute approximate surface area is 210 Å². The van der Waals surface area contributed by atoms with Crippen LogP contribution in [0.15, 0.2) is 72.3 Å². The van der Waals surface area contributed by atoms with Gasteiger partial charge in [-0.2, -0.15) is 0 Å². The third-order valence-corrected chi connectivity index (χ3v) is 6.33. The molecule has 180 valence electrons. The minimum Gasteiger partial charge on any atom is -0.507 e. The molecule has 5 nitrogen and oxygen atoms in total. The predicted octanol–water partition coefficient (Wildman–Crippen LogP) is 6.80. The molecule has 35 heavy (non-hydrogen) atoms. The molecule has 0 spiro atoms. The highest BCUT2D eigenvalue weighted by Gasteiger charge is 2.47. The SMILES string of the molecule is CCOc1ccc(/C(O)=C2/C(=O)C(=O)N(c3cccc(Cl)c3)C2c2cccc(C)c2)cc1C(C)C. The van der Waals surface area contributed by atoms with Crippen molar-refractivity contribution in [3.63, 3.8) is 0 Å². The molecule has 1 aliphatic rings. The molecular weight excluding hydrogens is 462 g/mol. The molecule has 1 amide bonds. The third-order valence-electron chi connectivity index (χ3n) is 6.09. The Morgan fingerprint density at radius 1 is 1.06 bits per heavy atom. The van der Waals surface area contributed by atoms with E-state index in [-0.39, 0.29) is 17.3 Å². The van der Waals surface area contributed by atoms with Crippen molar-refractivity contribution in [1.82, 2.24) is 0 Å². The fourth-order valence-electron chi connectivity index (χ4n) is 4.47. The Hall–Kier alpha value is -3.57. The van der Waals surface area contributed by atoms with Crippen molar-refractivity contribution in [2.45, 2.75) is 39.7 Å². The minimum absolute atomic E-state index is 0.0411. The van der Waals surface area contributed by atoms with E-state index < -0.39 is 17.7 Å². The molecule has 1 fully saturated rings. The number of Topliss-reactive ketones (excluding diaryl/α,β-unsaturated/α-hetero) is 1. The van der Waals surface area contributed by atoms with Gasteiger partial charge >= 0.3 is 0 Å². The van der Waals surface area contributed by atoms with Crippen LogP contribution in [-0.4, -0.2) is 23.4 Å². The van der Waals surface area contributed by atoms with Crippen molar-refractivity contribution in [2.75, 3.05) is 11.5 Å². The van der Waals surface area contributed by atoms with Crippen LogP contribution in [0.2, 0.25) is 5.02 Å². The number of carbonyl (C=O) groups excluding carboxylic acids is 2. The van der Waals surface area contributed by atoms with Crippen LogP contribution in [-0.2, 0) is 9.59 Å². The van der Waals surface area contributed by atoms with Gasteiger partial charge in [-0.25, -0.2) is 0 Å². The van der Waals surface area contributed by atoms with Gasteiger partial charge in [-0.1, -0.05) is 61.3 Å². The van der Waals surface area contributed by atoms with Crippen molar-refractivity contribution in [3.05, 3.63) is 99.6 Å². The van der Waals surface area contributed by atoms with E-state index in [2.05, 4.69) is 0 Å². The number of ketones is 1. The summed E-state index contributed by atoms with van der Waals surface area (Å²) in [7, 11) is 0. The molecule has 3 aromatic rings. The number of carbonyl (C=O) groups is 2. The van der Waals surface area contributed by atoms with E-state index in [4.69, 9.17) is 16.3 Å². The molecule has 6 heteroatoms. The summed E-state index contributed by atoms with van der Waals surface area (Å²) < 4.78 is 5.75. The molecule has 3 aromatic carbocycles. The van der Waals surface area contributed by atoms with Gasteiger partial charge in [-0.05, 0) is 67.3 Å². The highest BCUT2D eigenvalue weighted by molar-refractivity contribution is 6.51. The Morgan fingerprint density at radius 2 is 1.80 bits per heavy atom. The molecule has 0 bridgehead atoms. The number of anilines is 1. The molecular formula is C29H28ClNO4. The number of ether oxygens (including phenoxy) is 1. The fourth-order valence-corrected chi connectivity index (χ4v) is 4.65. The highest BCUT2D eigenvalue weighted by atomic mass is 35.5. The van der Waals surface area contributed by atoms with E-state index in [1.165, 1.54) is 4.90 Å². The minimum atomic E-state index is -0.803. The lowest BCUT2D eigenvalue weighted by Crippen LogP contribution is -2.29. The molecule has 0 radical (unpaired) electrons. The second-order valence-corrected chi connectivity index (χ2v) is 9.34. The van der Waals surface area contributed by atoms with Gasteiger partial charge in [0.05, 0.1) is 18.2 Å². The fraction of sp³-hybridized carbons (Fsp3) is 0.241. The van der Waals surface area contributed by atoms with E-state index >= 15 is 0 Å². The van der Waals surface area contributed by atoms with E-state index in [1.54, 1.807) is 36.4 Å². The molecule has 0 saturated carbocycles. The number of halogens is 1. The van der Waals surface area contributed by atoms with Gasteiger partial charge in [0.15, 0.2) is 0 Å². The predicted molar refractivity (Wildman–Crippen MR) is 139 cm³/mol. The van der Waals surface area contributed by atoms with E-state index in [9.17, 15) is 14.7 Å². The molecule has 4 rings (SSSR count). The van der Waals surface area contributed by atoms with Gasteiger partial charge in [0.25, 0.3) is 11.7 Å². The summed E-state index contributed by atoms with van der Waals surface area (Å²) in [4.78, 5) is 28.1. The third kappa shape index (κ3) is 4.69. The molecule has 1 atom stereocenters. The van der Waals surface area contributed by atoms with Crippen LogP contribution in [0, 0.1) is 6.92 Å². The Kier molecular flexibility index (Phi) is 6.99. The molecule has 0 aliphatic carbocycles. The van der Waals surface area contributed by atoms with Gasteiger partial charge in [-0.15, -0.1) is 0 Å². The van der Waals surface area contributed by atoms with Crippen LogP contribution in [0.25, 0.3) is 5.76 Å². The number of hydrogen-bond acceptors (Lipinski definition) is 4. The topological polar surface area (TPSA) is 66.8 Å². The average molecular weight is 490 g/mol. The molecule has 0 aromatic heterocycles. The van der Waals surface area contributed by atoms with E-state index in [1.807, 2.05) is 58.0 Å². The van der Waals surface area contributed by atoms with Crippen molar-refractivity contribution in [3.8, 4) is 5.75 Å². The summed E-state index contributed by atoms with van der Waals surface area (Å²) in [6.45, 7) is 8.44. The molecule has 1 N–H and O–H groups in total. The summed E-state index contributed by atoms with van der Waals surface area (Å²) >= 11 is 6.21. The number of hydrogen-bond donors (Lipinski definition) is 1. The second kappa shape index (κ2) is 9.96. The summed E-state index contributed by atoms with van der Waals surface area (Å²) in [6, 6.07) is 18.9. The summed E-state index contributed by atoms with van der Waals surface area (Å²) in [5.41, 5.74) is 3.59. The van der Waals surface area contributed by atoms with Gasteiger partial charge in [-0.3, -0.25) is 14.5 Å². The van der Waals surface area contributed by atoms with Crippen molar-refractivity contribution < 1.29 is 19.4 Å². The first-order valence-electron chi connectivity index (χ1n) is 11.6. The van der Waals surface area contributed by atoms with Crippen molar-refractivity contribution in [1.29, 1.82) is 0 Å². The van der Waals surface area contributed by atoms with E-state index in [0.29, 0.717) is 22.9 Å². The number of aryl methyl sites for hydroxylation is 1. The second-order valence-electron chi connectivity index (χ2n) is 8.90. The highest BCUT2D eigenvalue weighted by Crippen LogP contribution is 2.43. The maximum Gasteiger partial charge on any atom is 0.300 e. The molecule has 1 saturated heterocycles. The monoisotopic (exact) mass is 489 g/mol. The van der Waals surface area contributed by atoms with Gasteiger partial charge in [0.2, 0.25) is 0 Å². The number of aliphatic hydroxyl groups is 1. The summed E-state index contributed by atoms with van der Waals surface area (Å²) in [5.74, 6) is -0.812. The number of nitrogens with zero attached hydrogens (tertiary/aromatic N) is 1. The first-order valence-corrected chi connectivity index (χ1v) is 12.0. The summed E-state index contributed by atoms with van der Waals surface area (Å²) in [5, 5.41) is 11.9. The van der Waals surface area contributed by atoms with Gasteiger partial charge in [0.1, 0.15) is 11.5 Å². The zero-order valence-electron chi connectivity index (χ0n) is 20.2. The number of amides is 1. The lowest BCUT2D eigenvalue weighted by atomic mass is 9.92. The van der Waals surface area contributed by atoms with Crippen LogP contribution < -0.4 is 9.64 Å². The lowest BCUT2D eigenvalue weighted by molar-refractivity contribution is -0.132. The normalized spacial score (nSPS) is 17.3. The van der Waals surface area contributed by atoms with Crippen LogP contribution in [0.5, 0.6) is 5.75 Å². The zero-order valence-corrected chi connectivity index (χ0v) is 21.0. The smallest absolute Gasteiger partial charge is 0.300 e. The van der Waals surface area contributed by atoms with Gasteiger partial charge in [0, 0.05) is 16.3 Å². The Morgan fingerprint density at radius 3 is 2.46 bits per heavy atom. The number of aliphatic hydroxyl groups excluding tert-OH is 1. The first kappa shape index (κ1) is 24.6. The van der Waals surface area contributed by atoms with Gasteiger partial charge < -0.3 is 9.84 Å². The maximum atomic E-state index is 13.4. The molecule has 1 aliphatic heterocycles. The van der Waals surface area contributed by atoms with Crippen LogP contribution in [0.4, 0.5) is 5.69 Å². The van der Waals surface area contributed by atoms with E-state index in [0.717, 1.165) is 22.4 Å². The molecule has 1 unspecified atom stereocenters. The quantitative estimate of drug-likeness (QED) is 0.235. The molecule has 1 heterocycles. The lowest BCUT2D eigenvalue weighted by Gasteiger charge is -2.26. The largest absolute Gasteiger partial charge is 0.507 e. The Bertz CT molecular complexity index is 1330. The maximum absolute atomic E-state index is 13.4.